The summed E-state index contributed by atoms with van der Waals surface area (Å²) >= 11 is 0. The molecule has 3 nitrogen and oxygen atoms in total. The summed E-state index contributed by atoms with van der Waals surface area (Å²) in [6.07, 6.45) is 4.72. The predicted octanol–water partition coefficient (Wildman–Crippen LogP) is 1.51. The highest BCUT2D eigenvalue weighted by molar-refractivity contribution is 5.62. The molecule has 3 heteroatoms. The molecule has 0 fully saturated rings. The SMILES string of the molecule is Cc1cnc(N)c(C=CC#N)c1. The third-order valence-electron chi connectivity index (χ3n) is 1.42. The van der Waals surface area contributed by atoms with Crippen molar-refractivity contribution in [2.45, 2.75) is 6.92 Å². The van der Waals surface area contributed by atoms with Crippen LogP contribution in [0.3, 0.4) is 0 Å². The maximum Gasteiger partial charge on any atom is 0.130 e. The van der Waals surface area contributed by atoms with Gasteiger partial charge < -0.3 is 5.73 Å². The number of pyridine rings is 1. The Morgan fingerprint density at radius 2 is 2.42 bits per heavy atom. The van der Waals surface area contributed by atoms with Gasteiger partial charge in [0.15, 0.2) is 0 Å². The molecule has 0 saturated heterocycles. The van der Waals surface area contributed by atoms with Gasteiger partial charge in [-0.2, -0.15) is 5.26 Å². The molecule has 1 aromatic heterocycles. The van der Waals surface area contributed by atoms with Crippen LogP contribution >= 0.6 is 0 Å². The molecule has 1 rings (SSSR count). The average Bonchev–Trinajstić information content (AvgIpc) is 2.07. The molecule has 2 N–H and O–H groups in total. The largest absolute Gasteiger partial charge is 0.383 e. The van der Waals surface area contributed by atoms with Gasteiger partial charge in [0.25, 0.3) is 0 Å². The fraction of sp³-hybridized carbons (Fsp3) is 0.111. The van der Waals surface area contributed by atoms with Gasteiger partial charge in [0, 0.05) is 17.8 Å². The lowest BCUT2D eigenvalue weighted by Crippen LogP contribution is -1.93. The number of aromatic nitrogens is 1. The van der Waals surface area contributed by atoms with E-state index in [1.54, 1.807) is 12.3 Å². The standard InChI is InChI=1S/C9H9N3/c1-7-5-8(3-2-4-10)9(11)12-6-7/h2-3,5-6H,1H3,(H2,11,12). The van der Waals surface area contributed by atoms with E-state index in [2.05, 4.69) is 4.98 Å². The second-order valence-electron chi connectivity index (χ2n) is 2.45. The Morgan fingerprint density at radius 1 is 1.67 bits per heavy atom. The number of anilines is 1. The van der Waals surface area contributed by atoms with Gasteiger partial charge in [-0.25, -0.2) is 4.98 Å². The van der Waals surface area contributed by atoms with E-state index in [9.17, 15) is 0 Å². The first-order valence-corrected chi connectivity index (χ1v) is 3.52. The zero-order valence-corrected chi connectivity index (χ0v) is 6.78. The van der Waals surface area contributed by atoms with E-state index < -0.39 is 0 Å². The van der Waals surface area contributed by atoms with Crippen molar-refractivity contribution in [3.8, 4) is 6.07 Å². The molecule has 0 aliphatic heterocycles. The Morgan fingerprint density at radius 3 is 3.08 bits per heavy atom. The number of nitriles is 1. The summed E-state index contributed by atoms with van der Waals surface area (Å²) in [5.74, 6) is 0.451. The van der Waals surface area contributed by atoms with Crippen molar-refractivity contribution in [2.24, 2.45) is 0 Å². The smallest absolute Gasteiger partial charge is 0.130 e. The van der Waals surface area contributed by atoms with Crippen LogP contribution in [0, 0.1) is 18.3 Å². The Bertz CT molecular complexity index is 347. The number of nitrogen functional groups attached to an aromatic ring is 1. The van der Waals surface area contributed by atoms with E-state index in [0.29, 0.717) is 5.82 Å². The summed E-state index contributed by atoms with van der Waals surface area (Å²) < 4.78 is 0. The minimum Gasteiger partial charge on any atom is -0.383 e. The highest BCUT2D eigenvalue weighted by Gasteiger charge is 1.95. The third-order valence-corrected chi connectivity index (χ3v) is 1.42. The van der Waals surface area contributed by atoms with Crippen LogP contribution in [0.15, 0.2) is 18.3 Å². The molecule has 0 unspecified atom stereocenters. The van der Waals surface area contributed by atoms with Crippen LogP contribution in [0.4, 0.5) is 5.82 Å². The highest BCUT2D eigenvalue weighted by Crippen LogP contribution is 2.11. The quantitative estimate of drug-likeness (QED) is 0.632. The number of nitrogens with two attached hydrogens (primary N) is 1. The molecule has 0 spiro atoms. The molecule has 0 radical (unpaired) electrons. The molecular weight excluding hydrogens is 150 g/mol. The van der Waals surface area contributed by atoms with Crippen molar-refractivity contribution in [1.29, 1.82) is 5.26 Å². The molecule has 1 aromatic rings. The second kappa shape index (κ2) is 3.54. The number of allylic oxidation sites excluding steroid dienone is 1. The molecule has 0 amide bonds. The van der Waals surface area contributed by atoms with Crippen molar-refractivity contribution >= 4 is 11.9 Å². The van der Waals surface area contributed by atoms with Crippen LogP contribution in [-0.2, 0) is 0 Å². The van der Waals surface area contributed by atoms with E-state index in [1.807, 2.05) is 19.1 Å². The molecule has 60 valence electrons. The molecule has 0 bridgehead atoms. The van der Waals surface area contributed by atoms with Crippen LogP contribution in [0.1, 0.15) is 11.1 Å². The Hall–Kier alpha value is -1.82. The third kappa shape index (κ3) is 1.83. The van der Waals surface area contributed by atoms with E-state index in [1.165, 1.54) is 6.08 Å². The summed E-state index contributed by atoms with van der Waals surface area (Å²) in [6, 6.07) is 3.78. The minimum atomic E-state index is 0.451. The first kappa shape index (κ1) is 8.28. The van der Waals surface area contributed by atoms with Crippen molar-refractivity contribution in [3.63, 3.8) is 0 Å². The van der Waals surface area contributed by atoms with Gasteiger partial charge in [0.2, 0.25) is 0 Å². The first-order valence-electron chi connectivity index (χ1n) is 3.52. The topological polar surface area (TPSA) is 62.7 Å². The fourth-order valence-corrected chi connectivity index (χ4v) is 0.863. The Balaban J connectivity index is 3.07. The van der Waals surface area contributed by atoms with Gasteiger partial charge >= 0.3 is 0 Å². The average molecular weight is 159 g/mol. The number of hydrogen-bond acceptors (Lipinski definition) is 3. The van der Waals surface area contributed by atoms with E-state index in [0.717, 1.165) is 11.1 Å². The van der Waals surface area contributed by atoms with Gasteiger partial charge in [-0.15, -0.1) is 0 Å². The van der Waals surface area contributed by atoms with E-state index >= 15 is 0 Å². The molecule has 0 saturated carbocycles. The van der Waals surface area contributed by atoms with Crippen LogP contribution in [0.2, 0.25) is 0 Å². The van der Waals surface area contributed by atoms with E-state index in [-0.39, 0.29) is 0 Å². The number of nitrogens with zero attached hydrogens (tertiary/aromatic N) is 2. The zero-order valence-electron chi connectivity index (χ0n) is 6.78. The molecular formula is C9H9N3. The van der Waals surface area contributed by atoms with Gasteiger partial charge in [0.05, 0.1) is 6.07 Å². The number of rotatable bonds is 1. The van der Waals surface area contributed by atoms with Gasteiger partial charge in [-0.05, 0) is 24.6 Å². The normalized spacial score (nSPS) is 10.0. The van der Waals surface area contributed by atoms with Crippen LogP contribution in [-0.4, -0.2) is 4.98 Å². The summed E-state index contributed by atoms with van der Waals surface area (Å²) in [5, 5.41) is 8.29. The molecule has 0 aliphatic carbocycles. The lowest BCUT2D eigenvalue weighted by molar-refractivity contribution is 1.27. The molecule has 12 heavy (non-hydrogen) atoms. The minimum absolute atomic E-state index is 0.451. The number of hydrogen-bond donors (Lipinski definition) is 1. The van der Waals surface area contributed by atoms with E-state index in [4.69, 9.17) is 11.0 Å². The maximum atomic E-state index is 8.29. The van der Waals surface area contributed by atoms with Crippen molar-refractivity contribution in [2.75, 3.05) is 5.73 Å². The fourth-order valence-electron chi connectivity index (χ4n) is 0.863. The first-order chi connectivity index (χ1) is 5.74. The van der Waals surface area contributed by atoms with Gasteiger partial charge in [-0.3, -0.25) is 0 Å². The highest BCUT2D eigenvalue weighted by atomic mass is 14.8. The Kier molecular flexibility index (Phi) is 2.44. The van der Waals surface area contributed by atoms with Crippen molar-refractivity contribution in [1.82, 2.24) is 4.98 Å². The van der Waals surface area contributed by atoms with Crippen molar-refractivity contribution < 1.29 is 0 Å². The number of aryl methyl sites for hydroxylation is 1. The Labute approximate surface area is 71.2 Å². The zero-order chi connectivity index (χ0) is 8.97. The second-order valence-corrected chi connectivity index (χ2v) is 2.45. The van der Waals surface area contributed by atoms with Crippen LogP contribution in [0.25, 0.3) is 6.08 Å². The van der Waals surface area contributed by atoms with Crippen LogP contribution < -0.4 is 5.73 Å². The summed E-state index contributed by atoms with van der Waals surface area (Å²) in [4.78, 5) is 3.95. The summed E-state index contributed by atoms with van der Waals surface area (Å²) in [5.41, 5.74) is 7.38. The van der Waals surface area contributed by atoms with Crippen LogP contribution in [0.5, 0.6) is 0 Å². The van der Waals surface area contributed by atoms with Gasteiger partial charge in [-0.1, -0.05) is 0 Å². The predicted molar refractivity (Wildman–Crippen MR) is 48.0 cm³/mol. The lowest BCUT2D eigenvalue weighted by atomic mass is 10.2. The summed E-state index contributed by atoms with van der Waals surface area (Å²) in [7, 11) is 0. The van der Waals surface area contributed by atoms with Gasteiger partial charge in [0.1, 0.15) is 5.82 Å². The molecule has 1 heterocycles. The maximum absolute atomic E-state index is 8.29. The molecule has 0 atom stereocenters. The molecule has 0 aliphatic rings. The molecule has 0 aromatic carbocycles. The lowest BCUT2D eigenvalue weighted by Gasteiger charge is -1.98. The van der Waals surface area contributed by atoms with Crippen molar-refractivity contribution in [3.05, 3.63) is 29.5 Å². The summed E-state index contributed by atoms with van der Waals surface area (Å²) in [6.45, 7) is 1.93. The monoisotopic (exact) mass is 159 g/mol.